The summed E-state index contributed by atoms with van der Waals surface area (Å²) < 4.78 is 47.3. The minimum absolute atomic E-state index is 0.0241. The zero-order valence-corrected chi connectivity index (χ0v) is 48.9. The highest BCUT2D eigenvalue weighted by molar-refractivity contribution is 8.76. The number of hydrogen-bond acceptors (Lipinski definition) is 24. The first-order chi connectivity index (χ1) is 39.8. The average molecular weight is 1200 g/mol. The number of benzene rings is 3. The molecule has 1 aliphatic heterocycles. The van der Waals surface area contributed by atoms with Crippen molar-refractivity contribution in [3.05, 3.63) is 113 Å². The lowest BCUT2D eigenvalue weighted by Gasteiger charge is -2.67. The highest BCUT2D eigenvalue weighted by Gasteiger charge is 2.78. The van der Waals surface area contributed by atoms with Gasteiger partial charge in [-0.2, -0.15) is 5.11 Å². The highest BCUT2D eigenvalue weighted by atomic mass is 33.1. The number of nitrogens with zero attached hydrogens (tertiary/aromatic N) is 2. The molecule has 6 N–H and O–H groups in total. The van der Waals surface area contributed by atoms with E-state index < -0.39 is 143 Å². The van der Waals surface area contributed by atoms with Crippen molar-refractivity contribution in [2.75, 3.05) is 38.4 Å². The van der Waals surface area contributed by atoms with Crippen molar-refractivity contribution in [3.63, 3.8) is 0 Å². The summed E-state index contributed by atoms with van der Waals surface area (Å²) in [4.78, 5) is 122. The molecule has 7 rings (SSSR count). The lowest BCUT2D eigenvalue weighted by molar-refractivity contribution is -0.346. The summed E-state index contributed by atoms with van der Waals surface area (Å²) in [5, 5.41) is 46.1. The van der Waals surface area contributed by atoms with Gasteiger partial charge in [0.15, 0.2) is 24.1 Å². The van der Waals surface area contributed by atoms with E-state index in [0.29, 0.717) is 11.3 Å². The second-order valence-electron chi connectivity index (χ2n) is 21.1. The third-order valence-electron chi connectivity index (χ3n) is 15.7. The number of carbonyl (C=O) groups is 9. The summed E-state index contributed by atoms with van der Waals surface area (Å²) >= 11 is 0. The number of rotatable bonds is 22. The molecule has 3 aromatic carbocycles. The summed E-state index contributed by atoms with van der Waals surface area (Å²) in [6.45, 7) is 6.89. The molecule has 4 aliphatic rings. The van der Waals surface area contributed by atoms with E-state index in [9.17, 15) is 43.8 Å². The second-order valence-corrected chi connectivity index (χ2v) is 23.7. The van der Waals surface area contributed by atoms with Gasteiger partial charge < -0.3 is 58.5 Å². The van der Waals surface area contributed by atoms with Crippen molar-refractivity contribution in [2.24, 2.45) is 26.9 Å². The van der Waals surface area contributed by atoms with Gasteiger partial charge >= 0.3 is 41.9 Å². The number of ketones is 1. The van der Waals surface area contributed by atoms with Crippen molar-refractivity contribution in [3.8, 4) is 5.75 Å². The largest absolute Gasteiger partial charge is 0.482 e. The first-order valence-electron chi connectivity index (χ1n) is 26.6. The zero-order valence-electron chi connectivity index (χ0n) is 47.2. The smallest absolute Gasteiger partial charge is 0.426 e. The molecule has 25 nitrogen and oxygen atoms in total. The van der Waals surface area contributed by atoms with E-state index in [1.54, 1.807) is 48.5 Å². The number of carboxylic acids is 1. The van der Waals surface area contributed by atoms with Crippen LogP contribution < -0.4 is 20.9 Å². The average Bonchev–Trinajstić information content (AvgIpc) is 2.05. The predicted octanol–water partition coefficient (Wildman–Crippen LogP) is 3.36. The molecule has 3 aromatic rings. The number of carboxylic acid groups (broad SMARTS) is 1. The fourth-order valence-corrected chi connectivity index (χ4v) is 13.5. The summed E-state index contributed by atoms with van der Waals surface area (Å²) in [5.74, 6) is -8.68. The van der Waals surface area contributed by atoms with E-state index >= 15 is 9.59 Å². The molecule has 12 atom stereocenters. The molecule has 0 radical (unpaired) electrons. The van der Waals surface area contributed by atoms with Gasteiger partial charge in [0.25, 0.3) is 13.9 Å². The molecule has 3 aliphatic carbocycles. The first kappa shape index (κ1) is 64.2. The topological polar surface area (TPSA) is 349 Å². The number of hydrogen-bond donors (Lipinski definition) is 6. The Bertz CT molecular complexity index is 3030. The fraction of sp³-hybridized carbons (Fsp3) is 0.482. The van der Waals surface area contributed by atoms with Gasteiger partial charge in [-0.15, -0.1) is 0 Å². The molecule has 0 aromatic heterocycles. The summed E-state index contributed by atoms with van der Waals surface area (Å²) in [5.41, 5.74) is -3.42. The minimum atomic E-state index is -2.49. The molecule has 1 saturated heterocycles. The number of fused-ring (bicyclic) bond motifs is 5. The number of nitrogens with one attached hydrogen (secondary N) is 3. The van der Waals surface area contributed by atoms with E-state index in [1.165, 1.54) is 101 Å². The number of likely N-dealkylation sites (N-methyl/N-ethyl adjacent to an activating group) is 1. The van der Waals surface area contributed by atoms with E-state index in [2.05, 4.69) is 26.3 Å². The number of esters is 5. The lowest BCUT2D eigenvalue weighted by Crippen LogP contribution is -2.82. The molecule has 84 heavy (non-hydrogen) atoms. The maximum Gasteiger partial charge on any atom is 0.426 e. The number of aliphatic hydroxyl groups is 2. The molecule has 450 valence electrons. The van der Waals surface area contributed by atoms with Crippen LogP contribution in [0.5, 0.6) is 5.75 Å². The van der Waals surface area contributed by atoms with Crippen LogP contribution in [-0.2, 0) is 61.9 Å². The zero-order chi connectivity index (χ0) is 61.3. The van der Waals surface area contributed by atoms with Crippen LogP contribution in [0.1, 0.15) is 86.7 Å². The Hall–Kier alpha value is -7.37. The molecule has 28 heteroatoms. The Kier molecular flexibility index (Phi) is 20.7. The van der Waals surface area contributed by atoms with Crippen LogP contribution in [0.2, 0.25) is 0 Å². The summed E-state index contributed by atoms with van der Waals surface area (Å²) in [7, 11) is 5.44. The maximum atomic E-state index is 15.7. The number of hydrazine groups is 1. The number of aliphatic hydroxyl groups excluding tert-OH is 1. The Morgan fingerprint density at radius 3 is 2.13 bits per heavy atom. The second kappa shape index (κ2) is 27.1. The van der Waals surface area contributed by atoms with Gasteiger partial charge in [0, 0.05) is 49.2 Å². The number of ether oxygens (including phenoxy) is 8. The standard InChI is InChI=1S/C56H66BN5O20S2/c1-29-37(25-56(74)47(81-50(71)34-16-12-9-13-17-34)45-54(6,38(65)24-39-55(45,28-77-39)82-31(3)64)46(67)43(78-30(2)63)41(29)53(56,4)5)79-51(72)44(42(59-62-57)32-14-10-8-11-15-32)80-40(66)26-76-35-20-18-33(19-21-35)48(68)60-61-52(73)75-22-23-83-84-27-36(58-7)49(69)70/h8-21,36-39,42-45,47,58,65,74H,22-28,57H2,1-7H3,(H,60,68)(H,61,73)(H,69,70)/t36-,37-,38-,39+,42-,43+,44+,45-,47-,54+,55-,56+/m0/s1. The van der Waals surface area contributed by atoms with Crippen LogP contribution in [0.15, 0.2) is 106 Å². The van der Waals surface area contributed by atoms with Crippen molar-refractivity contribution >= 4 is 83.2 Å². The third-order valence-corrected chi connectivity index (χ3v) is 18.1. The van der Waals surface area contributed by atoms with Gasteiger partial charge in [0.1, 0.15) is 48.4 Å². The van der Waals surface area contributed by atoms with Gasteiger partial charge in [-0.1, -0.05) is 84.0 Å². The molecule has 0 spiro atoms. The molecule has 2 amide bonds. The van der Waals surface area contributed by atoms with Crippen LogP contribution in [0.3, 0.4) is 0 Å². The maximum absolute atomic E-state index is 15.7. The van der Waals surface area contributed by atoms with E-state index in [0.717, 1.165) is 13.8 Å². The molecular formula is C56H66BN5O20S2. The van der Waals surface area contributed by atoms with Crippen molar-refractivity contribution < 1.29 is 96.4 Å². The Morgan fingerprint density at radius 2 is 1.54 bits per heavy atom. The molecule has 2 bridgehead atoms. The van der Waals surface area contributed by atoms with Crippen LogP contribution in [0, 0.1) is 16.7 Å². The SMILES string of the molecule is BN=N[C@@H](c1ccccc1)[C@@H](OC(=O)COc1ccc(C(=O)NNC(=O)OCCSSC[C@H](NC)C(=O)O)cc1)C(=O)O[C@H]1C[C@@]2(O)[C@@H](OC(=O)c3ccccc3)[C@@H]3[C@]4(OC(C)=O)CO[C@@H]4C[C@H](O)[C@@]3(C)C(=O)[C@H](OC(C)=O)C(=C1C)C2(C)C. The Morgan fingerprint density at radius 1 is 0.869 bits per heavy atom. The Labute approximate surface area is 491 Å². The fourth-order valence-electron chi connectivity index (χ4n) is 11.4. The van der Waals surface area contributed by atoms with Crippen LogP contribution in [0.4, 0.5) is 4.79 Å². The van der Waals surface area contributed by atoms with Crippen molar-refractivity contribution in [1.82, 2.24) is 16.2 Å². The summed E-state index contributed by atoms with van der Waals surface area (Å²) in [6, 6.07) is 19.1. The third kappa shape index (κ3) is 13.4. The van der Waals surface area contributed by atoms with Gasteiger partial charge in [-0.25, -0.2) is 24.6 Å². The van der Waals surface area contributed by atoms with E-state index in [-0.39, 0.29) is 53.4 Å². The lowest BCUT2D eigenvalue weighted by atomic mass is 9.44. The quantitative estimate of drug-likeness (QED) is 0.0123. The van der Waals surface area contributed by atoms with Gasteiger partial charge in [0.05, 0.1) is 29.6 Å². The molecular weight excluding hydrogens is 1140 g/mol. The first-order valence-corrected chi connectivity index (χ1v) is 29.1. The molecule has 1 heterocycles. The van der Waals surface area contributed by atoms with Gasteiger partial charge in [-0.05, 0) is 74.0 Å². The van der Waals surface area contributed by atoms with Crippen LogP contribution in [-0.4, -0.2) is 169 Å². The van der Waals surface area contributed by atoms with Gasteiger partial charge in [0.2, 0.25) is 6.10 Å². The van der Waals surface area contributed by atoms with Gasteiger partial charge in [-0.3, -0.25) is 34.4 Å². The van der Waals surface area contributed by atoms with Crippen LogP contribution in [0.25, 0.3) is 0 Å². The predicted molar refractivity (Wildman–Crippen MR) is 300 cm³/mol. The monoisotopic (exact) mass is 1200 g/mol. The van der Waals surface area contributed by atoms with E-state index in [4.69, 9.17) is 43.0 Å². The Balaban J connectivity index is 1.16. The van der Waals surface area contributed by atoms with Crippen LogP contribution >= 0.6 is 21.6 Å². The summed E-state index contributed by atoms with van der Waals surface area (Å²) in [6.07, 6.45) is -11.9. The number of amides is 2. The minimum Gasteiger partial charge on any atom is -0.482 e. The van der Waals surface area contributed by atoms with E-state index in [1.807, 2.05) is 0 Å². The highest BCUT2D eigenvalue weighted by Crippen LogP contribution is 2.64. The number of carbonyl (C=O) groups excluding carboxylic acids is 8. The van der Waals surface area contributed by atoms with Crippen molar-refractivity contribution in [2.45, 2.75) is 114 Å². The van der Waals surface area contributed by atoms with Crippen molar-refractivity contribution in [1.29, 1.82) is 0 Å². The molecule has 2 saturated carbocycles. The number of aliphatic carboxylic acids is 1. The normalized spacial score (nSPS) is 26.8. The molecule has 3 fully saturated rings. The number of Topliss-reactive ketones (excluding diaryl/α,β-unsaturated/α-hetero) is 1. The molecule has 0 unspecified atom stereocenters.